The predicted molar refractivity (Wildman–Crippen MR) is 98.1 cm³/mol. The second-order valence-corrected chi connectivity index (χ2v) is 6.39. The van der Waals surface area contributed by atoms with Crippen LogP contribution in [0.1, 0.15) is 35.2 Å². The maximum Gasteiger partial charge on any atom is 0.303 e. The molecule has 2 amide bonds. The molecule has 0 saturated heterocycles. The second-order valence-electron chi connectivity index (χ2n) is 6.39. The molecule has 0 atom stereocenters. The van der Waals surface area contributed by atoms with Crippen molar-refractivity contribution in [3.8, 4) is 0 Å². The highest BCUT2D eigenvalue weighted by Gasteiger charge is 2.29. The van der Waals surface area contributed by atoms with Gasteiger partial charge in [-0.25, -0.2) is 0 Å². The minimum atomic E-state index is -0.853. The van der Waals surface area contributed by atoms with Gasteiger partial charge in [0.2, 0.25) is 5.91 Å². The Morgan fingerprint density at radius 1 is 0.962 bits per heavy atom. The highest BCUT2D eigenvalue weighted by atomic mass is 16.4. The lowest BCUT2D eigenvalue weighted by Gasteiger charge is -2.08. The maximum absolute atomic E-state index is 12.4. The number of aryl methyl sites for hydroxylation is 1. The molecule has 3 N–H and O–H groups in total. The molecule has 0 aliphatic heterocycles. The van der Waals surface area contributed by atoms with Crippen LogP contribution in [0.15, 0.2) is 48.5 Å². The number of carboxylic acids is 1. The molecule has 1 fully saturated rings. The molecule has 2 aromatic rings. The fourth-order valence-electron chi connectivity index (χ4n) is 2.55. The van der Waals surface area contributed by atoms with Crippen LogP contribution >= 0.6 is 0 Å². The van der Waals surface area contributed by atoms with E-state index in [9.17, 15) is 14.4 Å². The molecule has 1 aliphatic rings. The topological polar surface area (TPSA) is 95.5 Å². The largest absolute Gasteiger partial charge is 0.481 e. The van der Waals surface area contributed by atoms with Gasteiger partial charge in [-0.15, -0.1) is 0 Å². The maximum atomic E-state index is 12.4. The van der Waals surface area contributed by atoms with Crippen LogP contribution < -0.4 is 10.6 Å². The van der Waals surface area contributed by atoms with E-state index in [1.54, 1.807) is 42.5 Å². The molecule has 6 nitrogen and oxygen atoms in total. The number of hydrogen-bond acceptors (Lipinski definition) is 3. The lowest BCUT2D eigenvalue weighted by molar-refractivity contribution is -0.137. The number of nitrogens with one attached hydrogen (secondary N) is 2. The fraction of sp³-hybridized carbons (Fsp3) is 0.250. The zero-order valence-corrected chi connectivity index (χ0v) is 14.2. The average Bonchev–Trinajstić information content (AvgIpc) is 3.46. The predicted octanol–water partition coefficient (Wildman–Crippen LogP) is 3.30. The van der Waals surface area contributed by atoms with Crippen LogP contribution in [0.3, 0.4) is 0 Å². The number of rotatable bonds is 7. The Bertz CT molecular complexity index is 826. The summed E-state index contributed by atoms with van der Waals surface area (Å²) in [5.74, 6) is -0.958. The van der Waals surface area contributed by atoms with Gasteiger partial charge in [0.15, 0.2) is 0 Å². The summed E-state index contributed by atoms with van der Waals surface area (Å²) in [7, 11) is 0. The number of anilines is 2. The van der Waals surface area contributed by atoms with Crippen molar-refractivity contribution in [3.63, 3.8) is 0 Å². The van der Waals surface area contributed by atoms with E-state index in [2.05, 4.69) is 10.6 Å². The number of hydrogen-bond donors (Lipinski definition) is 3. The lowest BCUT2D eigenvalue weighted by Crippen LogP contribution is -2.14. The van der Waals surface area contributed by atoms with E-state index in [0.717, 1.165) is 18.4 Å². The number of amides is 2. The van der Waals surface area contributed by atoms with E-state index in [4.69, 9.17) is 5.11 Å². The zero-order valence-electron chi connectivity index (χ0n) is 14.2. The van der Waals surface area contributed by atoms with Gasteiger partial charge < -0.3 is 15.7 Å². The molecule has 1 saturated carbocycles. The molecule has 0 bridgehead atoms. The Morgan fingerprint density at radius 3 is 2.35 bits per heavy atom. The minimum absolute atomic E-state index is 0.0281. The molecule has 1 aliphatic carbocycles. The summed E-state index contributed by atoms with van der Waals surface area (Å²) < 4.78 is 0. The van der Waals surface area contributed by atoms with Gasteiger partial charge in [-0.05, 0) is 61.2 Å². The van der Waals surface area contributed by atoms with Crippen LogP contribution in [0.25, 0.3) is 0 Å². The van der Waals surface area contributed by atoms with Gasteiger partial charge in [-0.2, -0.15) is 0 Å². The first-order chi connectivity index (χ1) is 12.5. The van der Waals surface area contributed by atoms with Crippen molar-refractivity contribution in [2.24, 2.45) is 5.92 Å². The third kappa shape index (κ3) is 4.92. The molecule has 26 heavy (non-hydrogen) atoms. The van der Waals surface area contributed by atoms with Gasteiger partial charge in [0.1, 0.15) is 0 Å². The fourth-order valence-corrected chi connectivity index (χ4v) is 2.55. The van der Waals surface area contributed by atoms with Crippen LogP contribution in [-0.2, 0) is 16.0 Å². The van der Waals surface area contributed by atoms with Crippen molar-refractivity contribution < 1.29 is 19.5 Å². The molecular formula is C20H20N2O4. The summed E-state index contributed by atoms with van der Waals surface area (Å²) >= 11 is 0. The van der Waals surface area contributed by atoms with Crippen molar-refractivity contribution >= 4 is 29.2 Å². The van der Waals surface area contributed by atoms with E-state index in [1.165, 1.54) is 0 Å². The van der Waals surface area contributed by atoms with Crippen molar-refractivity contribution in [3.05, 3.63) is 59.7 Å². The lowest BCUT2D eigenvalue weighted by atomic mass is 10.1. The quantitative estimate of drug-likeness (QED) is 0.712. The van der Waals surface area contributed by atoms with Crippen molar-refractivity contribution in [1.29, 1.82) is 0 Å². The number of carboxylic acid groups (broad SMARTS) is 1. The normalized spacial score (nSPS) is 13.1. The van der Waals surface area contributed by atoms with Gasteiger partial charge in [0, 0.05) is 29.3 Å². The summed E-state index contributed by atoms with van der Waals surface area (Å²) in [6, 6.07) is 13.9. The summed E-state index contributed by atoms with van der Waals surface area (Å²) in [6.07, 6.45) is 2.34. The zero-order chi connectivity index (χ0) is 18.5. The van der Waals surface area contributed by atoms with Crippen LogP contribution in [0.2, 0.25) is 0 Å². The van der Waals surface area contributed by atoms with Gasteiger partial charge >= 0.3 is 5.97 Å². The molecule has 6 heteroatoms. The average molecular weight is 352 g/mol. The smallest absolute Gasteiger partial charge is 0.303 e. The highest BCUT2D eigenvalue weighted by molar-refractivity contribution is 6.04. The van der Waals surface area contributed by atoms with Gasteiger partial charge in [-0.1, -0.05) is 12.1 Å². The Morgan fingerprint density at radius 2 is 1.69 bits per heavy atom. The Hall–Kier alpha value is -3.15. The van der Waals surface area contributed by atoms with E-state index in [0.29, 0.717) is 23.4 Å². The summed E-state index contributed by atoms with van der Waals surface area (Å²) in [4.78, 5) is 34.7. The Balaban J connectivity index is 1.59. The first-order valence-electron chi connectivity index (χ1n) is 8.54. The molecule has 3 rings (SSSR count). The van der Waals surface area contributed by atoms with E-state index in [1.807, 2.05) is 6.07 Å². The van der Waals surface area contributed by atoms with E-state index < -0.39 is 5.97 Å². The van der Waals surface area contributed by atoms with Gasteiger partial charge in [0.05, 0.1) is 0 Å². The van der Waals surface area contributed by atoms with Gasteiger partial charge in [0.25, 0.3) is 5.91 Å². The number of benzene rings is 2. The van der Waals surface area contributed by atoms with Crippen LogP contribution in [0.5, 0.6) is 0 Å². The second kappa shape index (κ2) is 7.82. The SMILES string of the molecule is O=C(O)CCc1cccc(NC(=O)c2ccc(NC(=O)C3CC3)cc2)c1. The first-order valence-corrected chi connectivity index (χ1v) is 8.54. The minimum Gasteiger partial charge on any atom is -0.481 e. The summed E-state index contributed by atoms with van der Waals surface area (Å²) in [6.45, 7) is 0. The van der Waals surface area contributed by atoms with E-state index >= 15 is 0 Å². The molecule has 2 aromatic carbocycles. The summed E-state index contributed by atoms with van der Waals surface area (Å²) in [5, 5.41) is 14.4. The number of carbonyl (C=O) groups excluding carboxylic acids is 2. The number of carbonyl (C=O) groups is 3. The number of aliphatic carboxylic acids is 1. The molecule has 0 aromatic heterocycles. The van der Waals surface area contributed by atoms with E-state index in [-0.39, 0.29) is 24.2 Å². The Labute approximate surface area is 151 Å². The third-order valence-corrected chi connectivity index (χ3v) is 4.18. The van der Waals surface area contributed by atoms with Gasteiger partial charge in [-0.3, -0.25) is 14.4 Å². The van der Waals surface area contributed by atoms with Crippen LogP contribution in [0, 0.1) is 5.92 Å². The molecule has 0 spiro atoms. The molecular weight excluding hydrogens is 332 g/mol. The highest BCUT2D eigenvalue weighted by Crippen LogP contribution is 2.30. The monoisotopic (exact) mass is 352 g/mol. The molecule has 0 unspecified atom stereocenters. The van der Waals surface area contributed by atoms with Crippen LogP contribution in [-0.4, -0.2) is 22.9 Å². The van der Waals surface area contributed by atoms with Crippen LogP contribution in [0.4, 0.5) is 11.4 Å². The van der Waals surface area contributed by atoms with Crippen molar-refractivity contribution in [2.75, 3.05) is 10.6 Å². The first kappa shape index (κ1) is 17.7. The van der Waals surface area contributed by atoms with Crippen molar-refractivity contribution in [2.45, 2.75) is 25.7 Å². The summed E-state index contributed by atoms with van der Waals surface area (Å²) in [5.41, 5.74) is 2.62. The third-order valence-electron chi connectivity index (χ3n) is 4.18. The molecule has 0 heterocycles. The van der Waals surface area contributed by atoms with Crippen molar-refractivity contribution in [1.82, 2.24) is 0 Å². The Kier molecular flexibility index (Phi) is 5.31. The standard InChI is InChI=1S/C20H20N2O4/c23-18(24)11-4-13-2-1-3-17(12-13)22-20(26)15-7-9-16(10-8-15)21-19(25)14-5-6-14/h1-3,7-10,12,14H,4-6,11H2,(H,21,25)(H,22,26)(H,23,24). The molecule has 0 radical (unpaired) electrons. The molecule has 134 valence electrons.